The zero-order chi connectivity index (χ0) is 13.6. The fourth-order valence-corrected chi connectivity index (χ4v) is 2.97. The van der Waals surface area contributed by atoms with Crippen molar-refractivity contribution in [3.63, 3.8) is 0 Å². The molecule has 2 atom stereocenters. The van der Waals surface area contributed by atoms with Crippen molar-refractivity contribution in [2.24, 2.45) is 24.8 Å². The Labute approximate surface area is 111 Å². The molecule has 1 saturated carbocycles. The van der Waals surface area contributed by atoms with Gasteiger partial charge in [-0.05, 0) is 24.7 Å². The molecule has 2 fully saturated rings. The smallest absolute Gasteiger partial charge is 0.308 e. The first kappa shape index (κ1) is 12.2. The summed E-state index contributed by atoms with van der Waals surface area (Å²) in [6.45, 7) is 0.888. The molecule has 0 bridgehead atoms. The summed E-state index contributed by atoms with van der Waals surface area (Å²) in [4.78, 5) is 25.3. The number of rotatable bonds is 3. The van der Waals surface area contributed by atoms with Gasteiger partial charge in [0.05, 0.1) is 17.7 Å². The average molecular weight is 263 g/mol. The summed E-state index contributed by atoms with van der Waals surface area (Å²) in [5.41, 5.74) is 0.531. The van der Waals surface area contributed by atoms with E-state index >= 15 is 0 Å². The summed E-state index contributed by atoms with van der Waals surface area (Å²) in [7, 11) is 1.76. The van der Waals surface area contributed by atoms with Gasteiger partial charge in [-0.25, -0.2) is 0 Å². The second-order valence-electron chi connectivity index (χ2n) is 5.56. The van der Waals surface area contributed by atoms with Crippen molar-refractivity contribution in [2.75, 3.05) is 13.1 Å². The highest BCUT2D eigenvalue weighted by Crippen LogP contribution is 2.44. The largest absolute Gasteiger partial charge is 0.481 e. The second-order valence-corrected chi connectivity index (χ2v) is 5.56. The van der Waals surface area contributed by atoms with E-state index in [2.05, 4.69) is 5.10 Å². The third-order valence-corrected chi connectivity index (χ3v) is 4.15. The first-order chi connectivity index (χ1) is 9.06. The number of nitrogens with zero attached hydrogens (tertiary/aromatic N) is 3. The van der Waals surface area contributed by atoms with E-state index in [1.807, 2.05) is 0 Å². The molecule has 1 amide bonds. The summed E-state index contributed by atoms with van der Waals surface area (Å²) < 4.78 is 1.58. The Bertz CT molecular complexity index is 521. The topological polar surface area (TPSA) is 75.4 Å². The Morgan fingerprint density at radius 2 is 2.11 bits per heavy atom. The van der Waals surface area contributed by atoms with Crippen molar-refractivity contribution in [1.82, 2.24) is 14.7 Å². The third kappa shape index (κ3) is 2.22. The fraction of sp³-hybridized carbons (Fsp3) is 0.615. The lowest BCUT2D eigenvalue weighted by molar-refractivity contribution is -0.142. The van der Waals surface area contributed by atoms with Crippen LogP contribution in [0.5, 0.6) is 0 Å². The van der Waals surface area contributed by atoms with Crippen LogP contribution in [0.15, 0.2) is 12.4 Å². The molecular weight excluding hydrogens is 246 g/mol. The minimum atomic E-state index is -0.779. The quantitative estimate of drug-likeness (QED) is 0.866. The molecule has 2 heterocycles. The average Bonchev–Trinajstić information content (AvgIpc) is 2.96. The molecule has 0 radical (unpaired) electrons. The third-order valence-electron chi connectivity index (χ3n) is 4.15. The molecule has 0 spiro atoms. The van der Waals surface area contributed by atoms with Gasteiger partial charge in [0, 0.05) is 26.3 Å². The van der Waals surface area contributed by atoms with Crippen molar-refractivity contribution in [2.45, 2.75) is 12.8 Å². The van der Waals surface area contributed by atoms with E-state index in [0.717, 1.165) is 12.8 Å². The van der Waals surface area contributed by atoms with Gasteiger partial charge in [-0.1, -0.05) is 0 Å². The number of amides is 1. The van der Waals surface area contributed by atoms with Crippen LogP contribution in [-0.4, -0.2) is 44.8 Å². The van der Waals surface area contributed by atoms with Crippen LogP contribution < -0.4 is 0 Å². The molecule has 1 aromatic heterocycles. The molecule has 0 unspecified atom stereocenters. The monoisotopic (exact) mass is 263 g/mol. The van der Waals surface area contributed by atoms with Crippen LogP contribution in [0, 0.1) is 17.8 Å². The van der Waals surface area contributed by atoms with Crippen LogP contribution in [-0.2, 0) is 11.8 Å². The number of carboxylic acid groups (broad SMARTS) is 1. The molecule has 1 aliphatic heterocycles. The van der Waals surface area contributed by atoms with Gasteiger partial charge in [0.25, 0.3) is 5.91 Å². The molecule has 1 saturated heterocycles. The molecule has 2 aliphatic rings. The Hall–Kier alpha value is -1.85. The van der Waals surface area contributed by atoms with Gasteiger partial charge in [-0.15, -0.1) is 0 Å². The highest BCUT2D eigenvalue weighted by atomic mass is 16.4. The van der Waals surface area contributed by atoms with Crippen LogP contribution in [0.1, 0.15) is 23.2 Å². The molecule has 1 aromatic rings. The van der Waals surface area contributed by atoms with E-state index in [0.29, 0.717) is 24.6 Å². The Morgan fingerprint density at radius 1 is 1.37 bits per heavy atom. The lowest BCUT2D eigenvalue weighted by Crippen LogP contribution is -2.29. The van der Waals surface area contributed by atoms with E-state index in [1.165, 1.54) is 6.20 Å². The predicted molar refractivity (Wildman–Crippen MR) is 66.5 cm³/mol. The molecular formula is C13H17N3O3. The second kappa shape index (κ2) is 4.36. The molecule has 1 N–H and O–H groups in total. The van der Waals surface area contributed by atoms with Crippen molar-refractivity contribution in [3.05, 3.63) is 18.0 Å². The van der Waals surface area contributed by atoms with Gasteiger partial charge in [-0.2, -0.15) is 5.10 Å². The van der Waals surface area contributed by atoms with Crippen LogP contribution >= 0.6 is 0 Å². The van der Waals surface area contributed by atoms with Crippen molar-refractivity contribution >= 4 is 11.9 Å². The predicted octanol–water partition coefficient (Wildman–Crippen LogP) is 0.603. The number of aryl methyl sites for hydroxylation is 1. The normalized spacial score (nSPS) is 26.7. The lowest BCUT2D eigenvalue weighted by Gasteiger charge is -2.14. The van der Waals surface area contributed by atoms with Gasteiger partial charge in [0.2, 0.25) is 0 Å². The highest BCUT2D eigenvalue weighted by Gasteiger charge is 2.46. The lowest BCUT2D eigenvalue weighted by atomic mass is 9.92. The number of hydrogen-bond acceptors (Lipinski definition) is 3. The number of carbonyl (C=O) groups is 2. The van der Waals surface area contributed by atoms with E-state index in [9.17, 15) is 14.7 Å². The Balaban J connectivity index is 1.75. The van der Waals surface area contributed by atoms with Crippen LogP contribution in [0.2, 0.25) is 0 Å². The van der Waals surface area contributed by atoms with Gasteiger partial charge in [0.1, 0.15) is 0 Å². The number of aromatic nitrogens is 2. The molecule has 1 aliphatic carbocycles. The van der Waals surface area contributed by atoms with E-state index in [4.69, 9.17) is 0 Å². The summed E-state index contributed by atoms with van der Waals surface area (Å²) in [6, 6.07) is 0. The van der Waals surface area contributed by atoms with Crippen molar-refractivity contribution < 1.29 is 14.7 Å². The molecule has 102 valence electrons. The molecule has 3 rings (SSSR count). The highest BCUT2D eigenvalue weighted by molar-refractivity contribution is 5.94. The standard InChI is InChI=1S/C13H17N3O3/c1-15-5-9(4-14-15)12(17)16-6-10(8-2-3-8)11(7-16)13(18)19/h4-5,8,10-11H,2-3,6-7H2,1H3,(H,18,19)/t10-,11+/m1/s1. The Kier molecular flexibility index (Phi) is 2.80. The number of carbonyl (C=O) groups excluding carboxylic acids is 1. The number of carboxylic acids is 1. The SMILES string of the molecule is Cn1cc(C(=O)N2C[C@H](C(=O)O)[C@@H](C3CC3)C2)cn1. The fourth-order valence-electron chi connectivity index (χ4n) is 2.97. The maximum Gasteiger partial charge on any atom is 0.308 e. The maximum atomic E-state index is 12.3. The molecule has 6 nitrogen and oxygen atoms in total. The first-order valence-electron chi connectivity index (χ1n) is 6.57. The van der Waals surface area contributed by atoms with E-state index in [1.54, 1.807) is 22.8 Å². The van der Waals surface area contributed by atoms with Gasteiger partial charge in [0.15, 0.2) is 0 Å². The van der Waals surface area contributed by atoms with E-state index in [-0.39, 0.29) is 11.8 Å². The van der Waals surface area contributed by atoms with E-state index < -0.39 is 11.9 Å². The van der Waals surface area contributed by atoms with Crippen molar-refractivity contribution in [3.8, 4) is 0 Å². The summed E-state index contributed by atoms with van der Waals surface area (Å²) in [5.74, 6) is -0.681. The zero-order valence-corrected chi connectivity index (χ0v) is 10.8. The maximum absolute atomic E-state index is 12.3. The number of aliphatic carboxylic acids is 1. The van der Waals surface area contributed by atoms with Gasteiger partial charge in [-0.3, -0.25) is 14.3 Å². The van der Waals surface area contributed by atoms with Crippen LogP contribution in [0.4, 0.5) is 0 Å². The van der Waals surface area contributed by atoms with Gasteiger partial charge >= 0.3 is 5.97 Å². The minimum absolute atomic E-state index is 0.109. The van der Waals surface area contributed by atoms with Crippen LogP contribution in [0.25, 0.3) is 0 Å². The number of likely N-dealkylation sites (tertiary alicyclic amines) is 1. The molecule has 6 heteroatoms. The van der Waals surface area contributed by atoms with Gasteiger partial charge < -0.3 is 10.0 Å². The molecule has 0 aromatic carbocycles. The zero-order valence-electron chi connectivity index (χ0n) is 10.8. The summed E-state index contributed by atoms with van der Waals surface area (Å²) in [6.07, 6.45) is 5.40. The summed E-state index contributed by atoms with van der Waals surface area (Å²) >= 11 is 0. The van der Waals surface area contributed by atoms with Crippen LogP contribution in [0.3, 0.4) is 0 Å². The summed E-state index contributed by atoms with van der Waals surface area (Å²) in [5, 5.41) is 13.3. The minimum Gasteiger partial charge on any atom is -0.481 e. The number of hydrogen-bond donors (Lipinski definition) is 1. The van der Waals surface area contributed by atoms with Crippen molar-refractivity contribution in [1.29, 1.82) is 0 Å². The first-order valence-corrected chi connectivity index (χ1v) is 6.57. The Morgan fingerprint density at radius 3 is 2.63 bits per heavy atom. The molecule has 19 heavy (non-hydrogen) atoms.